The van der Waals surface area contributed by atoms with Crippen molar-refractivity contribution in [3.05, 3.63) is 0 Å². The molecule has 1 N–H and O–H groups in total. The number of nitrogens with zero attached hydrogens (tertiary/aromatic N) is 1. The Morgan fingerprint density at radius 2 is 2.43 bits per heavy atom. The molecule has 0 saturated carbocycles. The molecule has 0 aromatic heterocycles. The van der Waals surface area contributed by atoms with Gasteiger partial charge in [-0.3, -0.25) is 4.79 Å². The van der Waals surface area contributed by atoms with Crippen molar-refractivity contribution >= 4 is 5.78 Å². The predicted octanol–water partition coefficient (Wildman–Crippen LogP) is -0.350. The Kier molecular flexibility index (Phi) is 1.08. The average molecular weight is 101 g/mol. The highest BCUT2D eigenvalue weighted by Crippen LogP contribution is 1.97. The van der Waals surface area contributed by atoms with Crippen molar-refractivity contribution in [1.82, 2.24) is 5.06 Å². The molecule has 1 rings (SSSR count). The Hall–Kier alpha value is -0.410. The lowest BCUT2D eigenvalue weighted by Gasteiger charge is -1.97. The van der Waals surface area contributed by atoms with Gasteiger partial charge in [-0.15, -0.1) is 0 Å². The van der Waals surface area contributed by atoms with E-state index in [4.69, 9.17) is 5.21 Å². The summed E-state index contributed by atoms with van der Waals surface area (Å²) in [5.74, 6) is 0.127. The van der Waals surface area contributed by atoms with Crippen LogP contribution in [-0.2, 0) is 4.79 Å². The summed E-state index contributed by atoms with van der Waals surface area (Å²) >= 11 is 0. The average Bonchev–Trinajstić information content (AvgIpc) is 1.87. The first-order chi connectivity index (χ1) is 3.29. The summed E-state index contributed by atoms with van der Waals surface area (Å²) in [5.41, 5.74) is 0. The van der Waals surface area contributed by atoms with Crippen molar-refractivity contribution in [2.45, 2.75) is 6.42 Å². The summed E-state index contributed by atoms with van der Waals surface area (Å²) in [5, 5.41) is 9.54. The van der Waals surface area contributed by atoms with Gasteiger partial charge in [0, 0.05) is 13.0 Å². The fourth-order valence-electron chi connectivity index (χ4n) is 0.615. The van der Waals surface area contributed by atoms with Crippen LogP contribution in [0.1, 0.15) is 6.42 Å². The highest BCUT2D eigenvalue weighted by molar-refractivity contribution is 5.82. The molecule has 0 atom stereocenters. The highest BCUT2D eigenvalue weighted by atomic mass is 16.5. The Morgan fingerprint density at radius 3 is 2.57 bits per heavy atom. The van der Waals surface area contributed by atoms with Crippen molar-refractivity contribution in [3.8, 4) is 0 Å². The van der Waals surface area contributed by atoms with E-state index < -0.39 is 0 Å². The summed E-state index contributed by atoms with van der Waals surface area (Å²) in [4.78, 5) is 10.3. The van der Waals surface area contributed by atoms with Gasteiger partial charge in [0.1, 0.15) is 0 Å². The van der Waals surface area contributed by atoms with Crippen LogP contribution in [0.4, 0.5) is 0 Å². The molecule has 0 amide bonds. The van der Waals surface area contributed by atoms with Gasteiger partial charge in [0.2, 0.25) is 0 Å². The minimum atomic E-state index is 0.127. The normalized spacial score (nSPS) is 23.9. The van der Waals surface area contributed by atoms with Gasteiger partial charge >= 0.3 is 0 Å². The minimum Gasteiger partial charge on any atom is -0.314 e. The number of ketones is 1. The molecule has 0 bridgehead atoms. The fraction of sp³-hybridized carbons (Fsp3) is 0.750. The van der Waals surface area contributed by atoms with E-state index >= 15 is 0 Å². The van der Waals surface area contributed by atoms with Crippen LogP contribution in [0.3, 0.4) is 0 Å². The molecule has 0 radical (unpaired) electrons. The third-order valence-corrected chi connectivity index (χ3v) is 1.01. The van der Waals surface area contributed by atoms with E-state index in [2.05, 4.69) is 0 Å². The quantitative estimate of drug-likeness (QED) is 0.453. The standard InChI is InChI=1S/C4H7NO2/c6-4-1-2-5(7)3-4/h7H,1-3H2. The minimum absolute atomic E-state index is 0.127. The second-order valence-corrected chi connectivity index (χ2v) is 1.68. The number of Topliss-reactive ketones (excluding diaryl/α,β-unsaturated/α-hetero) is 1. The molecule has 1 aliphatic rings. The maximum absolute atomic E-state index is 10.3. The monoisotopic (exact) mass is 101 g/mol. The van der Waals surface area contributed by atoms with E-state index in [-0.39, 0.29) is 12.3 Å². The van der Waals surface area contributed by atoms with Crippen LogP contribution in [0.15, 0.2) is 0 Å². The van der Waals surface area contributed by atoms with Gasteiger partial charge < -0.3 is 5.21 Å². The first-order valence-electron chi connectivity index (χ1n) is 2.24. The lowest BCUT2D eigenvalue weighted by Crippen LogP contribution is -2.14. The van der Waals surface area contributed by atoms with E-state index in [1.54, 1.807) is 0 Å². The highest BCUT2D eigenvalue weighted by Gasteiger charge is 2.15. The van der Waals surface area contributed by atoms with Gasteiger partial charge in [0.25, 0.3) is 0 Å². The fourth-order valence-corrected chi connectivity index (χ4v) is 0.615. The third-order valence-electron chi connectivity index (χ3n) is 1.01. The van der Waals surface area contributed by atoms with E-state index in [1.165, 1.54) is 0 Å². The second kappa shape index (κ2) is 1.60. The van der Waals surface area contributed by atoms with Crippen LogP contribution in [-0.4, -0.2) is 29.1 Å². The third kappa shape index (κ3) is 0.976. The van der Waals surface area contributed by atoms with Gasteiger partial charge in [-0.2, -0.15) is 5.06 Å². The Balaban J connectivity index is 2.40. The van der Waals surface area contributed by atoms with E-state index in [9.17, 15) is 4.79 Å². The number of hydroxylamine groups is 2. The SMILES string of the molecule is O=C1CCN(O)C1. The van der Waals surface area contributed by atoms with Crippen LogP contribution in [0, 0.1) is 0 Å². The molecule has 3 heteroatoms. The largest absolute Gasteiger partial charge is 0.314 e. The summed E-state index contributed by atoms with van der Waals surface area (Å²) in [7, 11) is 0. The van der Waals surface area contributed by atoms with Crippen LogP contribution in [0.2, 0.25) is 0 Å². The molecule has 0 aromatic rings. The van der Waals surface area contributed by atoms with E-state index in [1.807, 2.05) is 0 Å². The Morgan fingerprint density at radius 1 is 1.71 bits per heavy atom. The molecule has 0 aromatic carbocycles. The summed E-state index contributed by atoms with van der Waals surface area (Å²) in [6.07, 6.45) is 0.510. The first kappa shape index (κ1) is 4.74. The summed E-state index contributed by atoms with van der Waals surface area (Å²) in [6, 6.07) is 0. The molecule has 40 valence electrons. The maximum atomic E-state index is 10.3. The Labute approximate surface area is 41.5 Å². The van der Waals surface area contributed by atoms with Crippen LogP contribution in [0.25, 0.3) is 0 Å². The van der Waals surface area contributed by atoms with Crippen LogP contribution < -0.4 is 0 Å². The molecule has 7 heavy (non-hydrogen) atoms. The first-order valence-corrected chi connectivity index (χ1v) is 2.24. The molecule has 1 heterocycles. The van der Waals surface area contributed by atoms with Crippen LogP contribution in [0.5, 0.6) is 0 Å². The van der Waals surface area contributed by atoms with Gasteiger partial charge in [0.15, 0.2) is 5.78 Å². The number of rotatable bonds is 0. The molecule has 1 fully saturated rings. The van der Waals surface area contributed by atoms with Crippen molar-refractivity contribution in [3.63, 3.8) is 0 Å². The van der Waals surface area contributed by atoms with Gasteiger partial charge in [0.05, 0.1) is 6.54 Å². The van der Waals surface area contributed by atoms with Gasteiger partial charge in [-0.1, -0.05) is 0 Å². The molecule has 0 spiro atoms. The molecular weight excluding hydrogens is 94.0 g/mol. The molecule has 1 aliphatic heterocycles. The molecule has 1 saturated heterocycles. The topological polar surface area (TPSA) is 40.5 Å². The zero-order valence-electron chi connectivity index (χ0n) is 3.92. The molecule has 3 nitrogen and oxygen atoms in total. The van der Waals surface area contributed by atoms with Crippen LogP contribution >= 0.6 is 0 Å². The van der Waals surface area contributed by atoms with E-state index in [0.717, 1.165) is 5.06 Å². The molecule has 0 aliphatic carbocycles. The maximum Gasteiger partial charge on any atom is 0.150 e. The molecule has 0 unspecified atom stereocenters. The second-order valence-electron chi connectivity index (χ2n) is 1.68. The molecular formula is C4H7NO2. The zero-order chi connectivity index (χ0) is 5.28. The number of carbonyl (C=O) groups is 1. The summed E-state index contributed by atoms with van der Waals surface area (Å²) in [6.45, 7) is 0.735. The van der Waals surface area contributed by atoms with Gasteiger partial charge in [-0.25, -0.2) is 0 Å². The zero-order valence-corrected chi connectivity index (χ0v) is 3.92. The van der Waals surface area contributed by atoms with E-state index in [0.29, 0.717) is 13.0 Å². The lowest BCUT2D eigenvalue weighted by molar-refractivity contribution is -0.122. The summed E-state index contributed by atoms with van der Waals surface area (Å²) < 4.78 is 0. The van der Waals surface area contributed by atoms with Crippen molar-refractivity contribution in [2.75, 3.05) is 13.1 Å². The van der Waals surface area contributed by atoms with Gasteiger partial charge in [-0.05, 0) is 0 Å². The van der Waals surface area contributed by atoms with Crippen molar-refractivity contribution in [2.24, 2.45) is 0 Å². The number of carbonyl (C=O) groups excluding carboxylic acids is 1. The van der Waals surface area contributed by atoms with Crippen molar-refractivity contribution < 1.29 is 10.0 Å². The lowest BCUT2D eigenvalue weighted by atomic mass is 10.4. The Bertz CT molecular complexity index is 91.7. The predicted molar refractivity (Wildman–Crippen MR) is 23.0 cm³/mol. The number of hydrogen-bond donors (Lipinski definition) is 1. The number of hydrogen-bond acceptors (Lipinski definition) is 3. The smallest absolute Gasteiger partial charge is 0.150 e. The van der Waals surface area contributed by atoms with Crippen molar-refractivity contribution in [1.29, 1.82) is 0 Å².